The topological polar surface area (TPSA) is 62.0 Å². The van der Waals surface area contributed by atoms with Gasteiger partial charge in [0.15, 0.2) is 5.96 Å². The Morgan fingerprint density at radius 2 is 1.89 bits per heavy atom. The van der Waals surface area contributed by atoms with Crippen LogP contribution in [0.2, 0.25) is 5.02 Å². The van der Waals surface area contributed by atoms with Gasteiger partial charge >= 0.3 is 0 Å². The molecule has 0 saturated carbocycles. The van der Waals surface area contributed by atoms with E-state index in [-0.39, 0.29) is 6.04 Å². The van der Waals surface area contributed by atoms with Gasteiger partial charge in [-0.2, -0.15) is 0 Å². The third-order valence-corrected chi connectivity index (χ3v) is 4.97. The summed E-state index contributed by atoms with van der Waals surface area (Å²) in [5.41, 5.74) is 1.12. The van der Waals surface area contributed by atoms with E-state index in [0.29, 0.717) is 13.1 Å². The minimum atomic E-state index is 0.136. The lowest BCUT2D eigenvalue weighted by Gasteiger charge is -2.33. The van der Waals surface area contributed by atoms with Gasteiger partial charge in [-0.15, -0.1) is 0 Å². The first kappa shape index (κ1) is 20.7. The molecule has 6 nitrogen and oxygen atoms in total. The lowest BCUT2D eigenvalue weighted by Crippen LogP contribution is -2.46. The monoisotopic (exact) mass is 404 g/mol. The number of nitrogens with zero attached hydrogens (tertiary/aromatic N) is 2. The number of aliphatic imine (C=N–C) groups is 1. The predicted octanol–water partition coefficient (Wildman–Crippen LogP) is 3.37. The summed E-state index contributed by atoms with van der Waals surface area (Å²) in [6.45, 7) is 9.43. The molecule has 0 aliphatic carbocycles. The molecule has 1 aromatic carbocycles. The van der Waals surface area contributed by atoms with Crippen LogP contribution in [-0.4, -0.2) is 50.3 Å². The van der Waals surface area contributed by atoms with E-state index < -0.39 is 0 Å². The van der Waals surface area contributed by atoms with Gasteiger partial charge in [0, 0.05) is 31.2 Å². The first-order chi connectivity index (χ1) is 13.7. The van der Waals surface area contributed by atoms with Crippen molar-refractivity contribution in [2.24, 2.45) is 4.99 Å². The fourth-order valence-corrected chi connectivity index (χ4v) is 3.35. The molecule has 1 atom stereocenters. The Bertz CT molecular complexity index is 754. The Hall–Kier alpha value is -2.02. The van der Waals surface area contributed by atoms with Gasteiger partial charge in [-0.25, -0.2) is 4.99 Å². The molecule has 1 aliphatic heterocycles. The van der Waals surface area contributed by atoms with Crippen molar-refractivity contribution in [1.82, 2.24) is 15.5 Å². The summed E-state index contributed by atoms with van der Waals surface area (Å²) >= 11 is 5.96. The van der Waals surface area contributed by atoms with E-state index in [9.17, 15) is 0 Å². The van der Waals surface area contributed by atoms with Gasteiger partial charge < -0.3 is 19.8 Å². The van der Waals surface area contributed by atoms with Crippen molar-refractivity contribution in [3.63, 3.8) is 0 Å². The number of halogens is 1. The summed E-state index contributed by atoms with van der Waals surface area (Å²) < 4.78 is 11.4. The maximum Gasteiger partial charge on any atom is 0.191 e. The molecule has 152 valence electrons. The Balaban J connectivity index is 1.67. The Morgan fingerprint density at radius 1 is 1.14 bits per heavy atom. The van der Waals surface area contributed by atoms with Crippen molar-refractivity contribution < 1.29 is 9.15 Å². The van der Waals surface area contributed by atoms with Crippen LogP contribution < -0.4 is 10.6 Å². The molecule has 1 fully saturated rings. The van der Waals surface area contributed by atoms with Gasteiger partial charge in [0.1, 0.15) is 11.5 Å². The average Bonchev–Trinajstić information content (AvgIpc) is 3.14. The Labute approximate surface area is 171 Å². The number of benzene rings is 1. The number of furan rings is 1. The van der Waals surface area contributed by atoms with Crippen LogP contribution in [0.1, 0.15) is 30.0 Å². The summed E-state index contributed by atoms with van der Waals surface area (Å²) in [4.78, 5) is 7.11. The van der Waals surface area contributed by atoms with Crippen LogP contribution in [-0.2, 0) is 11.3 Å². The van der Waals surface area contributed by atoms with Gasteiger partial charge in [0.25, 0.3) is 0 Å². The van der Waals surface area contributed by atoms with Gasteiger partial charge in [0.05, 0.1) is 25.8 Å². The van der Waals surface area contributed by atoms with Gasteiger partial charge in [-0.05, 0) is 43.7 Å². The van der Waals surface area contributed by atoms with Gasteiger partial charge in [-0.1, -0.05) is 23.7 Å². The molecule has 7 heteroatoms. The quantitative estimate of drug-likeness (QED) is 0.547. The second-order valence-corrected chi connectivity index (χ2v) is 7.25. The smallest absolute Gasteiger partial charge is 0.191 e. The van der Waals surface area contributed by atoms with E-state index in [1.54, 1.807) is 0 Å². The highest BCUT2D eigenvalue weighted by Gasteiger charge is 2.25. The largest absolute Gasteiger partial charge is 0.465 e. The van der Waals surface area contributed by atoms with Crippen molar-refractivity contribution in [1.29, 1.82) is 0 Å². The minimum absolute atomic E-state index is 0.136. The molecule has 28 heavy (non-hydrogen) atoms. The molecule has 0 bridgehead atoms. The lowest BCUT2D eigenvalue weighted by atomic mass is 10.1. The molecule has 0 spiro atoms. The molecular formula is C21H29ClN4O2. The molecule has 1 unspecified atom stereocenters. The number of ether oxygens (including phenoxy) is 1. The maximum atomic E-state index is 5.96. The van der Waals surface area contributed by atoms with Crippen molar-refractivity contribution in [2.75, 3.05) is 39.4 Å². The van der Waals surface area contributed by atoms with Crippen molar-refractivity contribution in [3.05, 3.63) is 58.5 Å². The third kappa shape index (κ3) is 5.99. The molecule has 1 saturated heterocycles. The zero-order chi connectivity index (χ0) is 19.8. The molecule has 0 amide bonds. The zero-order valence-electron chi connectivity index (χ0n) is 16.6. The molecule has 0 radical (unpaired) electrons. The summed E-state index contributed by atoms with van der Waals surface area (Å²) in [7, 11) is 0. The number of hydrogen-bond donors (Lipinski definition) is 2. The van der Waals surface area contributed by atoms with Crippen LogP contribution in [0.25, 0.3) is 0 Å². The average molecular weight is 405 g/mol. The van der Waals surface area contributed by atoms with Crippen molar-refractivity contribution in [2.45, 2.75) is 26.4 Å². The van der Waals surface area contributed by atoms with E-state index in [2.05, 4.69) is 28.5 Å². The maximum absolute atomic E-state index is 5.96. The highest BCUT2D eigenvalue weighted by molar-refractivity contribution is 6.30. The summed E-state index contributed by atoms with van der Waals surface area (Å²) in [5.74, 6) is 2.69. The summed E-state index contributed by atoms with van der Waals surface area (Å²) in [5, 5.41) is 7.53. The van der Waals surface area contributed by atoms with Crippen LogP contribution in [0.3, 0.4) is 0 Å². The number of aryl methyl sites for hydroxylation is 1. The number of morpholine rings is 1. The molecule has 1 aromatic heterocycles. The zero-order valence-corrected chi connectivity index (χ0v) is 17.3. The Morgan fingerprint density at radius 3 is 2.54 bits per heavy atom. The molecule has 3 rings (SSSR count). The molecular weight excluding hydrogens is 376 g/mol. The van der Waals surface area contributed by atoms with Crippen LogP contribution >= 0.6 is 11.6 Å². The van der Waals surface area contributed by atoms with E-state index in [4.69, 9.17) is 25.7 Å². The van der Waals surface area contributed by atoms with E-state index in [1.165, 1.54) is 0 Å². The van der Waals surface area contributed by atoms with Gasteiger partial charge in [0.2, 0.25) is 0 Å². The van der Waals surface area contributed by atoms with Crippen LogP contribution in [0.5, 0.6) is 0 Å². The van der Waals surface area contributed by atoms with E-state index in [1.807, 2.05) is 37.3 Å². The molecule has 2 N–H and O–H groups in total. The number of rotatable bonds is 7. The molecule has 1 aliphatic rings. The van der Waals surface area contributed by atoms with Crippen LogP contribution in [0, 0.1) is 6.92 Å². The fourth-order valence-electron chi connectivity index (χ4n) is 3.23. The van der Waals surface area contributed by atoms with Gasteiger partial charge in [-0.3, -0.25) is 4.90 Å². The first-order valence-corrected chi connectivity index (χ1v) is 10.2. The number of guanidine groups is 1. The fraction of sp³-hybridized carbons (Fsp3) is 0.476. The van der Waals surface area contributed by atoms with Crippen molar-refractivity contribution >= 4 is 17.6 Å². The van der Waals surface area contributed by atoms with Crippen LogP contribution in [0.15, 0.2) is 45.8 Å². The highest BCUT2D eigenvalue weighted by Crippen LogP contribution is 2.23. The first-order valence-electron chi connectivity index (χ1n) is 9.80. The lowest BCUT2D eigenvalue weighted by molar-refractivity contribution is 0.0124. The number of hydrogen-bond acceptors (Lipinski definition) is 4. The summed E-state index contributed by atoms with van der Waals surface area (Å²) in [6.07, 6.45) is 0. The number of nitrogens with one attached hydrogen (secondary N) is 2. The second-order valence-electron chi connectivity index (χ2n) is 6.82. The third-order valence-electron chi connectivity index (χ3n) is 4.72. The standard InChI is InChI=1S/C21H29ClN4O2/c1-3-23-21(24-14-17-5-7-18(22)8-6-17)25-15-19(20-9-4-16(2)28-20)26-10-12-27-13-11-26/h4-9,19H,3,10-15H2,1-2H3,(H2,23,24,25). The van der Waals surface area contributed by atoms with Crippen LogP contribution in [0.4, 0.5) is 0 Å². The second kappa shape index (κ2) is 10.5. The predicted molar refractivity (Wildman–Crippen MR) is 113 cm³/mol. The molecule has 2 aromatic rings. The summed E-state index contributed by atoms with van der Waals surface area (Å²) in [6, 6.07) is 12.0. The SMILES string of the molecule is CCNC(=NCc1ccc(Cl)cc1)NCC(c1ccc(C)o1)N1CCOCC1. The minimum Gasteiger partial charge on any atom is -0.465 e. The normalized spacial score (nSPS) is 16.8. The van der Waals surface area contributed by atoms with Crippen molar-refractivity contribution in [3.8, 4) is 0 Å². The Kier molecular flexibility index (Phi) is 7.77. The van der Waals surface area contributed by atoms with E-state index >= 15 is 0 Å². The molecule has 2 heterocycles. The van der Waals surface area contributed by atoms with E-state index in [0.717, 1.165) is 60.9 Å². The highest BCUT2D eigenvalue weighted by atomic mass is 35.5.